The normalized spacial score (nSPS) is 11.8. The summed E-state index contributed by atoms with van der Waals surface area (Å²) in [6.07, 6.45) is 6.06. The summed E-state index contributed by atoms with van der Waals surface area (Å²) in [5, 5.41) is 9.57. The molecule has 0 unspecified atom stereocenters. The Labute approximate surface area is 90.9 Å². The van der Waals surface area contributed by atoms with Gasteiger partial charge in [0.25, 0.3) is 0 Å². The summed E-state index contributed by atoms with van der Waals surface area (Å²) in [7, 11) is 0. The molecule has 1 N–H and O–H groups in total. The van der Waals surface area contributed by atoms with Crippen LogP contribution in [0.15, 0.2) is 24.3 Å². The minimum Gasteiger partial charge on any atom is -0.493 e. The molecule has 0 aromatic heterocycles. The summed E-state index contributed by atoms with van der Waals surface area (Å²) in [5.74, 6) is 3.30. The molecule has 80 valence electrons. The lowest BCUT2D eigenvalue weighted by Gasteiger charge is -2.09. The highest BCUT2D eigenvalue weighted by Crippen LogP contribution is 2.19. The van der Waals surface area contributed by atoms with Crippen LogP contribution in [0, 0.1) is 12.3 Å². The van der Waals surface area contributed by atoms with Crippen molar-refractivity contribution in [3.8, 4) is 18.1 Å². The van der Waals surface area contributed by atoms with Gasteiger partial charge in [0.1, 0.15) is 5.75 Å². The fourth-order valence-corrected chi connectivity index (χ4v) is 1.25. The molecule has 0 aliphatic heterocycles. The Morgan fingerprint density at radius 3 is 2.60 bits per heavy atom. The van der Waals surface area contributed by atoms with Crippen molar-refractivity contribution in [2.24, 2.45) is 0 Å². The van der Waals surface area contributed by atoms with E-state index >= 15 is 0 Å². The summed E-state index contributed by atoms with van der Waals surface area (Å²) in [4.78, 5) is 0. The molecule has 0 bridgehead atoms. The zero-order chi connectivity index (χ0) is 11.1. The zero-order valence-corrected chi connectivity index (χ0v) is 8.94. The molecule has 2 heteroatoms. The maximum absolute atomic E-state index is 9.57. The lowest BCUT2D eigenvalue weighted by atomic mass is 10.1. The Bertz CT molecular complexity index is 321. The second-order valence-corrected chi connectivity index (χ2v) is 3.30. The molecular formula is C13H16O2. The summed E-state index contributed by atoms with van der Waals surface area (Å²) in [6, 6.07) is 7.45. The van der Waals surface area contributed by atoms with Crippen molar-refractivity contribution in [3.05, 3.63) is 29.8 Å². The molecular weight excluding hydrogens is 188 g/mol. The van der Waals surface area contributed by atoms with E-state index in [1.807, 2.05) is 31.2 Å². The van der Waals surface area contributed by atoms with Crippen LogP contribution in [0.1, 0.15) is 31.4 Å². The standard InChI is InChI=1S/C13H16O2/c1-3-5-10-15-12-8-6-11(7-9-12)13(14)4-2/h1,6-9,13-14H,4-5,10H2,2H3/t13-/m0/s1. The van der Waals surface area contributed by atoms with Gasteiger partial charge in [-0.1, -0.05) is 19.1 Å². The van der Waals surface area contributed by atoms with Gasteiger partial charge in [-0.15, -0.1) is 12.3 Å². The average molecular weight is 204 g/mol. The first-order chi connectivity index (χ1) is 7.27. The van der Waals surface area contributed by atoms with Crippen molar-refractivity contribution in [1.82, 2.24) is 0 Å². The number of hydrogen-bond donors (Lipinski definition) is 1. The smallest absolute Gasteiger partial charge is 0.119 e. The third-order valence-corrected chi connectivity index (χ3v) is 2.17. The molecule has 0 saturated heterocycles. The molecule has 0 saturated carbocycles. The van der Waals surface area contributed by atoms with Crippen molar-refractivity contribution in [3.63, 3.8) is 0 Å². The minimum absolute atomic E-state index is 0.384. The first kappa shape index (κ1) is 11.6. The molecule has 2 nitrogen and oxygen atoms in total. The number of ether oxygens (including phenoxy) is 1. The molecule has 0 spiro atoms. The number of rotatable bonds is 5. The Kier molecular flexibility index (Phi) is 4.73. The Morgan fingerprint density at radius 2 is 2.07 bits per heavy atom. The lowest BCUT2D eigenvalue weighted by Crippen LogP contribution is -1.97. The highest BCUT2D eigenvalue weighted by molar-refractivity contribution is 5.28. The predicted octanol–water partition coefficient (Wildman–Crippen LogP) is 2.53. The number of terminal acetylenes is 1. The van der Waals surface area contributed by atoms with E-state index in [-0.39, 0.29) is 6.10 Å². The highest BCUT2D eigenvalue weighted by atomic mass is 16.5. The van der Waals surface area contributed by atoms with E-state index in [9.17, 15) is 5.11 Å². The summed E-state index contributed by atoms with van der Waals surface area (Å²) in [5.41, 5.74) is 0.918. The molecule has 1 atom stereocenters. The zero-order valence-electron chi connectivity index (χ0n) is 8.94. The second-order valence-electron chi connectivity index (χ2n) is 3.30. The van der Waals surface area contributed by atoms with Crippen LogP contribution >= 0.6 is 0 Å². The average Bonchev–Trinajstić information content (AvgIpc) is 2.29. The first-order valence-corrected chi connectivity index (χ1v) is 5.12. The lowest BCUT2D eigenvalue weighted by molar-refractivity contribution is 0.173. The fraction of sp³-hybridized carbons (Fsp3) is 0.385. The van der Waals surface area contributed by atoms with Crippen LogP contribution in [0.5, 0.6) is 5.75 Å². The quantitative estimate of drug-likeness (QED) is 0.590. The number of aliphatic hydroxyl groups is 1. The van der Waals surface area contributed by atoms with Gasteiger partial charge in [0.05, 0.1) is 12.7 Å². The van der Waals surface area contributed by atoms with Gasteiger partial charge in [0.15, 0.2) is 0 Å². The van der Waals surface area contributed by atoms with Crippen LogP contribution in [-0.4, -0.2) is 11.7 Å². The van der Waals surface area contributed by atoms with Crippen molar-refractivity contribution in [2.45, 2.75) is 25.9 Å². The molecule has 0 heterocycles. The monoisotopic (exact) mass is 204 g/mol. The molecule has 0 amide bonds. The Balaban J connectivity index is 2.53. The van der Waals surface area contributed by atoms with Crippen LogP contribution in [0.3, 0.4) is 0 Å². The Hall–Kier alpha value is -1.46. The van der Waals surface area contributed by atoms with Gasteiger partial charge in [-0.05, 0) is 24.1 Å². The third kappa shape index (κ3) is 3.65. The van der Waals surface area contributed by atoms with E-state index in [4.69, 9.17) is 11.2 Å². The van der Waals surface area contributed by atoms with Gasteiger partial charge in [0.2, 0.25) is 0 Å². The molecule has 1 aromatic carbocycles. The van der Waals surface area contributed by atoms with Crippen LogP contribution in [-0.2, 0) is 0 Å². The summed E-state index contributed by atoms with van der Waals surface area (Å²) >= 11 is 0. The highest BCUT2D eigenvalue weighted by Gasteiger charge is 2.03. The van der Waals surface area contributed by atoms with E-state index in [1.54, 1.807) is 0 Å². The number of benzene rings is 1. The summed E-state index contributed by atoms with van der Waals surface area (Å²) in [6.45, 7) is 2.48. The minimum atomic E-state index is -0.384. The molecule has 0 fully saturated rings. The van der Waals surface area contributed by atoms with Crippen molar-refractivity contribution < 1.29 is 9.84 Å². The maximum atomic E-state index is 9.57. The fourth-order valence-electron chi connectivity index (χ4n) is 1.25. The van der Waals surface area contributed by atoms with Gasteiger partial charge in [-0.25, -0.2) is 0 Å². The first-order valence-electron chi connectivity index (χ1n) is 5.12. The molecule has 1 aromatic rings. The van der Waals surface area contributed by atoms with E-state index in [0.29, 0.717) is 13.0 Å². The van der Waals surface area contributed by atoms with Gasteiger partial charge < -0.3 is 9.84 Å². The molecule has 1 rings (SSSR count). The second kappa shape index (κ2) is 6.10. The topological polar surface area (TPSA) is 29.5 Å². The SMILES string of the molecule is C#CCCOc1ccc([C@@H](O)CC)cc1. The van der Waals surface area contributed by atoms with Crippen LogP contribution in [0.25, 0.3) is 0 Å². The third-order valence-electron chi connectivity index (χ3n) is 2.17. The van der Waals surface area contributed by atoms with E-state index in [0.717, 1.165) is 17.7 Å². The molecule has 0 aliphatic rings. The van der Waals surface area contributed by atoms with Gasteiger partial charge in [-0.2, -0.15) is 0 Å². The van der Waals surface area contributed by atoms with Gasteiger partial charge in [0, 0.05) is 6.42 Å². The maximum Gasteiger partial charge on any atom is 0.119 e. The van der Waals surface area contributed by atoms with E-state index in [1.165, 1.54) is 0 Å². The number of hydrogen-bond acceptors (Lipinski definition) is 2. The van der Waals surface area contributed by atoms with Crippen molar-refractivity contribution in [2.75, 3.05) is 6.61 Å². The summed E-state index contributed by atoms with van der Waals surface area (Å²) < 4.78 is 5.39. The number of aliphatic hydroxyl groups excluding tert-OH is 1. The van der Waals surface area contributed by atoms with E-state index < -0.39 is 0 Å². The van der Waals surface area contributed by atoms with Crippen LogP contribution < -0.4 is 4.74 Å². The van der Waals surface area contributed by atoms with Crippen molar-refractivity contribution >= 4 is 0 Å². The van der Waals surface area contributed by atoms with Gasteiger partial charge in [-0.3, -0.25) is 0 Å². The molecule has 15 heavy (non-hydrogen) atoms. The molecule has 0 radical (unpaired) electrons. The Morgan fingerprint density at radius 1 is 1.40 bits per heavy atom. The largest absolute Gasteiger partial charge is 0.493 e. The predicted molar refractivity (Wildman–Crippen MR) is 60.6 cm³/mol. The van der Waals surface area contributed by atoms with E-state index in [2.05, 4.69) is 5.92 Å². The van der Waals surface area contributed by atoms with Crippen LogP contribution in [0.2, 0.25) is 0 Å². The van der Waals surface area contributed by atoms with Crippen molar-refractivity contribution in [1.29, 1.82) is 0 Å². The van der Waals surface area contributed by atoms with Crippen LogP contribution in [0.4, 0.5) is 0 Å². The van der Waals surface area contributed by atoms with Gasteiger partial charge >= 0.3 is 0 Å². The molecule has 0 aliphatic carbocycles.